The van der Waals surface area contributed by atoms with Gasteiger partial charge in [0, 0.05) is 11.8 Å². The van der Waals surface area contributed by atoms with Crippen LogP contribution in [0.3, 0.4) is 0 Å². The first kappa shape index (κ1) is 17.1. The van der Waals surface area contributed by atoms with Crippen molar-refractivity contribution in [2.45, 2.75) is 71.3 Å². The van der Waals surface area contributed by atoms with Crippen molar-refractivity contribution < 1.29 is 9.90 Å². The number of aliphatic hydroxyl groups is 1. The maximum Gasteiger partial charge on any atom is 0.155 e. The van der Waals surface area contributed by atoms with Gasteiger partial charge in [-0.15, -0.1) is 0 Å². The van der Waals surface area contributed by atoms with E-state index in [1.165, 1.54) is 24.8 Å². The second kappa shape index (κ2) is 5.87. The molecule has 3 fully saturated rings. The lowest BCUT2D eigenvalue weighted by molar-refractivity contribution is -0.117. The zero-order valence-corrected chi connectivity index (χ0v) is 16.0. The Morgan fingerprint density at radius 2 is 2.04 bits per heavy atom. The van der Waals surface area contributed by atoms with Gasteiger partial charge in [0.25, 0.3) is 0 Å². The Balaban J connectivity index is 1.70. The van der Waals surface area contributed by atoms with Crippen LogP contribution in [-0.2, 0) is 4.79 Å². The molecule has 0 bridgehead atoms. The highest BCUT2D eigenvalue weighted by molar-refractivity contribution is 7.80. The quantitative estimate of drug-likeness (QED) is 0.725. The number of aliphatic hydroxyl groups excluding tert-OH is 1. The Hall–Kier alpha value is -0.280. The molecule has 0 saturated heterocycles. The van der Waals surface area contributed by atoms with E-state index in [0.29, 0.717) is 35.9 Å². The maximum atomic E-state index is 12.0. The van der Waals surface area contributed by atoms with Crippen molar-refractivity contribution in [2.24, 2.45) is 34.5 Å². The van der Waals surface area contributed by atoms with Crippen molar-refractivity contribution in [2.75, 3.05) is 5.75 Å². The second-order valence-corrected chi connectivity index (χ2v) is 9.58. The second-order valence-electron chi connectivity index (χ2n) is 9.26. The smallest absolute Gasteiger partial charge is 0.155 e. The van der Waals surface area contributed by atoms with Gasteiger partial charge in [-0.1, -0.05) is 25.8 Å². The van der Waals surface area contributed by atoms with Crippen molar-refractivity contribution >= 4 is 18.4 Å². The lowest BCUT2D eigenvalue weighted by atomic mass is 9.47. The van der Waals surface area contributed by atoms with E-state index in [9.17, 15) is 9.90 Å². The van der Waals surface area contributed by atoms with Crippen LogP contribution in [-0.4, -0.2) is 22.7 Å². The SMILES string of the molecule is CCC1C[C@H]2[C@@H]3CCC4=CC(=O)CC[C@]4(CS)[C@H]3CC[C@]2(C)[C@H]1O. The monoisotopic (exact) mass is 348 g/mol. The molecule has 3 heteroatoms. The van der Waals surface area contributed by atoms with Gasteiger partial charge < -0.3 is 5.11 Å². The lowest BCUT2D eigenvalue weighted by Gasteiger charge is -2.58. The standard InChI is InChI=1S/C21H32O2S/c1-3-13-10-18-16-5-4-14-11-15(22)6-9-21(14,12-24)17(16)7-8-20(18,2)19(13)23/h11,13,16-19,23-24H,3-10,12H2,1-2H3/t13?,16-,17+,18+,19+,20+,21-/m1/s1. The molecule has 0 aromatic heterocycles. The number of carbonyl (C=O) groups excluding carboxylic acids is 1. The molecule has 1 unspecified atom stereocenters. The summed E-state index contributed by atoms with van der Waals surface area (Å²) in [6.45, 7) is 4.59. The first-order valence-electron chi connectivity index (χ1n) is 9.99. The highest BCUT2D eigenvalue weighted by Gasteiger charge is 2.61. The molecule has 0 aromatic rings. The van der Waals surface area contributed by atoms with E-state index in [0.717, 1.165) is 31.4 Å². The molecule has 0 spiro atoms. The number of fused-ring (bicyclic) bond motifs is 5. The average molecular weight is 349 g/mol. The highest BCUT2D eigenvalue weighted by atomic mass is 32.1. The van der Waals surface area contributed by atoms with E-state index in [2.05, 4.69) is 13.8 Å². The van der Waals surface area contributed by atoms with Gasteiger partial charge in [0.15, 0.2) is 5.78 Å². The fourth-order valence-electron chi connectivity index (χ4n) is 7.20. The van der Waals surface area contributed by atoms with Gasteiger partial charge in [-0.3, -0.25) is 4.79 Å². The maximum absolute atomic E-state index is 12.0. The Morgan fingerprint density at radius 3 is 2.75 bits per heavy atom. The number of ketones is 1. The van der Waals surface area contributed by atoms with Gasteiger partial charge in [-0.05, 0) is 79.4 Å². The van der Waals surface area contributed by atoms with Crippen LogP contribution in [0.25, 0.3) is 0 Å². The third-order valence-corrected chi connectivity index (χ3v) is 9.17. The summed E-state index contributed by atoms with van der Waals surface area (Å²) in [6, 6.07) is 0. The van der Waals surface area contributed by atoms with Gasteiger partial charge in [0.2, 0.25) is 0 Å². The molecule has 24 heavy (non-hydrogen) atoms. The van der Waals surface area contributed by atoms with Crippen LogP contribution in [0.1, 0.15) is 65.2 Å². The molecule has 1 N–H and O–H groups in total. The normalized spacial score (nSPS) is 50.8. The molecule has 0 aliphatic heterocycles. The molecule has 0 radical (unpaired) electrons. The summed E-state index contributed by atoms with van der Waals surface area (Å²) in [7, 11) is 0. The van der Waals surface area contributed by atoms with Crippen molar-refractivity contribution in [1.29, 1.82) is 0 Å². The predicted octanol–water partition coefficient (Wildman–Crippen LogP) is 4.43. The van der Waals surface area contributed by atoms with Gasteiger partial charge >= 0.3 is 0 Å². The summed E-state index contributed by atoms with van der Waals surface area (Å²) in [5.74, 6) is 3.74. The summed E-state index contributed by atoms with van der Waals surface area (Å²) in [6.07, 6.45) is 10.5. The van der Waals surface area contributed by atoms with Crippen LogP contribution in [0.4, 0.5) is 0 Å². The minimum Gasteiger partial charge on any atom is -0.392 e. The van der Waals surface area contributed by atoms with Crippen LogP contribution in [0.5, 0.6) is 0 Å². The van der Waals surface area contributed by atoms with Crippen molar-refractivity contribution in [3.05, 3.63) is 11.6 Å². The zero-order chi connectivity index (χ0) is 17.1. The summed E-state index contributed by atoms with van der Waals surface area (Å²) < 4.78 is 0. The molecule has 2 nitrogen and oxygen atoms in total. The Bertz CT molecular complexity index is 570. The van der Waals surface area contributed by atoms with Gasteiger partial charge in [-0.25, -0.2) is 0 Å². The molecule has 7 atom stereocenters. The molecule has 4 aliphatic rings. The minimum absolute atomic E-state index is 0.116. The number of thiol groups is 1. The van der Waals surface area contributed by atoms with Gasteiger partial charge in [0.1, 0.15) is 0 Å². The zero-order valence-electron chi connectivity index (χ0n) is 15.1. The largest absolute Gasteiger partial charge is 0.392 e. The number of allylic oxidation sites excluding steroid dienone is 1. The number of rotatable bonds is 2. The first-order valence-corrected chi connectivity index (χ1v) is 10.6. The van der Waals surface area contributed by atoms with E-state index in [4.69, 9.17) is 12.6 Å². The van der Waals surface area contributed by atoms with Crippen molar-refractivity contribution in [3.8, 4) is 0 Å². The topological polar surface area (TPSA) is 37.3 Å². The van der Waals surface area contributed by atoms with Gasteiger partial charge in [-0.2, -0.15) is 12.6 Å². The van der Waals surface area contributed by atoms with E-state index in [-0.39, 0.29) is 16.9 Å². The predicted molar refractivity (Wildman–Crippen MR) is 100 cm³/mol. The van der Waals surface area contributed by atoms with Crippen molar-refractivity contribution in [1.82, 2.24) is 0 Å². The Kier molecular flexibility index (Phi) is 4.20. The lowest BCUT2D eigenvalue weighted by Crippen LogP contribution is -2.53. The minimum atomic E-state index is -0.120. The third kappa shape index (κ3) is 2.16. The summed E-state index contributed by atoms with van der Waals surface area (Å²) in [5.41, 5.74) is 1.69. The van der Waals surface area contributed by atoms with E-state index >= 15 is 0 Å². The fraction of sp³-hybridized carbons (Fsp3) is 0.857. The first-order chi connectivity index (χ1) is 11.5. The third-order valence-electron chi connectivity index (χ3n) is 8.61. The molecule has 0 amide bonds. The van der Waals surface area contributed by atoms with E-state index in [1.807, 2.05) is 6.08 Å². The summed E-state index contributed by atoms with van der Waals surface area (Å²) in [4.78, 5) is 12.0. The van der Waals surface area contributed by atoms with Crippen LogP contribution in [0.15, 0.2) is 11.6 Å². The Labute approximate surface area is 151 Å². The molecule has 0 heterocycles. The van der Waals surface area contributed by atoms with E-state index < -0.39 is 0 Å². The molecule has 134 valence electrons. The number of hydrogen-bond donors (Lipinski definition) is 2. The molecule has 3 saturated carbocycles. The fourth-order valence-corrected chi connectivity index (χ4v) is 7.80. The summed E-state index contributed by atoms with van der Waals surface area (Å²) in [5, 5.41) is 11.0. The van der Waals surface area contributed by atoms with E-state index in [1.54, 1.807) is 0 Å². The van der Waals surface area contributed by atoms with Crippen LogP contribution < -0.4 is 0 Å². The number of hydrogen-bond acceptors (Lipinski definition) is 3. The highest BCUT2D eigenvalue weighted by Crippen LogP contribution is 2.66. The molecule has 4 rings (SSSR count). The Morgan fingerprint density at radius 1 is 1.25 bits per heavy atom. The molecular formula is C21H32O2S. The van der Waals surface area contributed by atoms with Crippen LogP contribution in [0, 0.1) is 34.5 Å². The van der Waals surface area contributed by atoms with Crippen LogP contribution in [0.2, 0.25) is 0 Å². The molecule has 4 aliphatic carbocycles. The number of carbonyl (C=O) groups is 1. The molecule has 0 aromatic carbocycles. The van der Waals surface area contributed by atoms with Crippen molar-refractivity contribution in [3.63, 3.8) is 0 Å². The molecular weight excluding hydrogens is 316 g/mol. The van der Waals surface area contributed by atoms with Gasteiger partial charge in [0.05, 0.1) is 6.10 Å². The average Bonchev–Trinajstić information content (AvgIpc) is 2.85. The summed E-state index contributed by atoms with van der Waals surface area (Å²) >= 11 is 4.79. The van der Waals surface area contributed by atoms with Crippen LogP contribution >= 0.6 is 12.6 Å².